The number of aryl methyl sites for hydroxylation is 1. The molecule has 1 heterocycles. The minimum absolute atomic E-state index is 0.0877. The molecule has 4 N–H and O–H groups in total. The van der Waals surface area contributed by atoms with Gasteiger partial charge < -0.3 is 16.2 Å². The first-order valence-corrected chi connectivity index (χ1v) is 6.55. The van der Waals surface area contributed by atoms with Gasteiger partial charge in [-0.3, -0.25) is 4.79 Å². The van der Waals surface area contributed by atoms with Crippen molar-refractivity contribution >= 4 is 33.0 Å². The minimum atomic E-state index is -0.275. The monoisotopic (exact) mass is 264 g/mol. The van der Waals surface area contributed by atoms with Crippen LogP contribution < -0.4 is 11.1 Å². The van der Waals surface area contributed by atoms with Gasteiger partial charge in [-0.2, -0.15) is 0 Å². The van der Waals surface area contributed by atoms with Crippen LogP contribution in [0.5, 0.6) is 0 Å². The van der Waals surface area contributed by atoms with E-state index in [4.69, 9.17) is 10.8 Å². The molecule has 4 nitrogen and oxygen atoms in total. The Bertz CT molecular complexity index is 592. The number of anilines is 1. The van der Waals surface area contributed by atoms with E-state index in [1.54, 1.807) is 6.92 Å². The predicted octanol–water partition coefficient (Wildman–Crippen LogP) is 1.90. The van der Waals surface area contributed by atoms with Crippen molar-refractivity contribution in [2.75, 3.05) is 12.3 Å². The molecule has 0 aliphatic heterocycles. The fourth-order valence-electron chi connectivity index (χ4n) is 1.78. The van der Waals surface area contributed by atoms with Crippen LogP contribution in [-0.2, 0) is 0 Å². The van der Waals surface area contributed by atoms with Crippen LogP contribution >= 0.6 is 11.3 Å². The van der Waals surface area contributed by atoms with Gasteiger partial charge in [0.2, 0.25) is 0 Å². The molecule has 0 aliphatic carbocycles. The number of hydrogen-bond donors (Lipinski definition) is 3. The highest BCUT2D eigenvalue weighted by atomic mass is 32.1. The molecule has 96 valence electrons. The third kappa shape index (κ3) is 2.19. The summed E-state index contributed by atoms with van der Waals surface area (Å²) in [7, 11) is 0. The van der Waals surface area contributed by atoms with E-state index in [1.165, 1.54) is 11.3 Å². The molecular formula is C13H16N2O2S. The van der Waals surface area contributed by atoms with Gasteiger partial charge in [-0.1, -0.05) is 18.2 Å². The first-order valence-electron chi connectivity index (χ1n) is 5.74. The smallest absolute Gasteiger partial charge is 0.263 e. The molecule has 1 amide bonds. The van der Waals surface area contributed by atoms with Gasteiger partial charge in [0.15, 0.2) is 0 Å². The largest absolute Gasteiger partial charge is 0.397 e. The lowest BCUT2D eigenvalue weighted by Gasteiger charge is -2.09. The molecule has 0 spiro atoms. The summed E-state index contributed by atoms with van der Waals surface area (Å²) in [6.45, 7) is 3.65. The number of rotatable bonds is 3. The van der Waals surface area contributed by atoms with Crippen molar-refractivity contribution in [3.8, 4) is 0 Å². The van der Waals surface area contributed by atoms with Crippen molar-refractivity contribution in [3.63, 3.8) is 0 Å². The summed E-state index contributed by atoms with van der Waals surface area (Å²) in [6, 6.07) is 5.57. The van der Waals surface area contributed by atoms with Crippen LogP contribution in [0.25, 0.3) is 10.1 Å². The summed E-state index contributed by atoms with van der Waals surface area (Å²) in [6.07, 6.45) is 0. The zero-order chi connectivity index (χ0) is 13.3. The molecule has 18 heavy (non-hydrogen) atoms. The van der Waals surface area contributed by atoms with E-state index in [1.807, 2.05) is 25.1 Å². The van der Waals surface area contributed by atoms with E-state index in [-0.39, 0.29) is 18.6 Å². The minimum Gasteiger partial charge on any atom is -0.397 e. The molecule has 1 aromatic heterocycles. The second-order valence-electron chi connectivity index (χ2n) is 4.35. The van der Waals surface area contributed by atoms with Crippen molar-refractivity contribution < 1.29 is 9.90 Å². The number of benzene rings is 1. The average Bonchev–Trinajstić information content (AvgIpc) is 2.69. The van der Waals surface area contributed by atoms with E-state index in [9.17, 15) is 4.79 Å². The second-order valence-corrected chi connectivity index (χ2v) is 5.37. The zero-order valence-corrected chi connectivity index (χ0v) is 11.2. The summed E-state index contributed by atoms with van der Waals surface area (Å²) in [4.78, 5) is 12.5. The van der Waals surface area contributed by atoms with Gasteiger partial charge in [0, 0.05) is 16.1 Å². The Balaban J connectivity index is 2.43. The van der Waals surface area contributed by atoms with Crippen LogP contribution in [0.4, 0.5) is 5.69 Å². The third-order valence-corrected chi connectivity index (χ3v) is 4.16. The van der Waals surface area contributed by atoms with Crippen molar-refractivity contribution in [2.24, 2.45) is 0 Å². The molecule has 0 saturated heterocycles. The molecule has 0 fully saturated rings. The number of hydrogen-bond acceptors (Lipinski definition) is 4. The summed E-state index contributed by atoms with van der Waals surface area (Å²) in [5, 5.41) is 12.6. The number of amides is 1. The molecule has 2 rings (SSSR count). The van der Waals surface area contributed by atoms with Gasteiger partial charge >= 0.3 is 0 Å². The number of thiophene rings is 1. The number of nitrogens with two attached hydrogens (primary N) is 1. The third-order valence-electron chi connectivity index (χ3n) is 2.81. The number of carbonyl (C=O) groups is 1. The number of nitrogens with one attached hydrogen (secondary N) is 1. The standard InChI is InChI=1S/C13H16N2O2S/c1-7-4-3-5-9-10(14)12(18-11(7)9)13(17)15-8(2)6-16/h3-5,8,16H,6,14H2,1-2H3,(H,15,17). The Labute approximate surface area is 109 Å². The summed E-state index contributed by atoms with van der Waals surface area (Å²) in [5.41, 5.74) is 7.64. The Morgan fingerprint density at radius 3 is 2.89 bits per heavy atom. The lowest BCUT2D eigenvalue weighted by Crippen LogP contribution is -2.34. The van der Waals surface area contributed by atoms with Gasteiger partial charge in [-0.15, -0.1) is 11.3 Å². The molecule has 1 unspecified atom stereocenters. The number of aliphatic hydroxyl groups excluding tert-OH is 1. The van der Waals surface area contributed by atoms with E-state index in [0.29, 0.717) is 10.6 Å². The molecular weight excluding hydrogens is 248 g/mol. The predicted molar refractivity (Wildman–Crippen MR) is 75.0 cm³/mol. The Kier molecular flexibility index (Phi) is 3.54. The number of fused-ring (bicyclic) bond motifs is 1. The van der Waals surface area contributed by atoms with Crippen molar-refractivity contribution in [1.29, 1.82) is 0 Å². The molecule has 0 aliphatic rings. The Morgan fingerprint density at radius 2 is 2.28 bits per heavy atom. The average molecular weight is 264 g/mol. The quantitative estimate of drug-likeness (QED) is 0.792. The van der Waals surface area contributed by atoms with E-state index in [0.717, 1.165) is 15.6 Å². The lowest BCUT2D eigenvalue weighted by atomic mass is 10.1. The first kappa shape index (κ1) is 12.9. The number of nitrogen functional groups attached to an aromatic ring is 1. The van der Waals surface area contributed by atoms with Crippen molar-refractivity contribution in [3.05, 3.63) is 28.6 Å². The maximum Gasteiger partial charge on any atom is 0.263 e. The van der Waals surface area contributed by atoms with Gasteiger partial charge in [0.25, 0.3) is 5.91 Å². The first-order chi connectivity index (χ1) is 8.54. The maximum atomic E-state index is 12.0. The van der Waals surface area contributed by atoms with Crippen molar-refractivity contribution in [2.45, 2.75) is 19.9 Å². The van der Waals surface area contributed by atoms with Crippen LogP contribution in [0.15, 0.2) is 18.2 Å². The molecule has 0 bridgehead atoms. The fourth-order valence-corrected chi connectivity index (χ4v) is 2.88. The highest BCUT2D eigenvalue weighted by Gasteiger charge is 2.18. The molecule has 1 aromatic carbocycles. The lowest BCUT2D eigenvalue weighted by molar-refractivity contribution is 0.0927. The summed E-state index contributed by atoms with van der Waals surface area (Å²) in [5.74, 6) is -0.227. The van der Waals surface area contributed by atoms with Crippen LogP contribution in [0.1, 0.15) is 22.2 Å². The highest BCUT2D eigenvalue weighted by molar-refractivity contribution is 7.21. The Morgan fingerprint density at radius 1 is 1.56 bits per heavy atom. The SMILES string of the molecule is Cc1cccc2c(N)c(C(=O)NC(C)CO)sc12. The van der Waals surface area contributed by atoms with Crippen LogP contribution in [0.3, 0.4) is 0 Å². The summed E-state index contributed by atoms with van der Waals surface area (Å²) >= 11 is 1.39. The maximum absolute atomic E-state index is 12.0. The van der Waals surface area contributed by atoms with Gasteiger partial charge in [-0.25, -0.2) is 0 Å². The highest BCUT2D eigenvalue weighted by Crippen LogP contribution is 2.35. The van der Waals surface area contributed by atoms with Crippen LogP contribution in [-0.4, -0.2) is 23.7 Å². The normalized spacial score (nSPS) is 12.6. The zero-order valence-electron chi connectivity index (χ0n) is 10.4. The van der Waals surface area contributed by atoms with Crippen molar-refractivity contribution in [1.82, 2.24) is 5.32 Å². The number of aliphatic hydroxyl groups is 1. The number of carbonyl (C=O) groups excluding carboxylic acids is 1. The van der Waals surface area contributed by atoms with Gasteiger partial charge in [0.1, 0.15) is 4.88 Å². The topological polar surface area (TPSA) is 75.4 Å². The van der Waals surface area contributed by atoms with Crippen LogP contribution in [0, 0.1) is 6.92 Å². The van der Waals surface area contributed by atoms with Gasteiger partial charge in [0.05, 0.1) is 12.3 Å². The Hall–Kier alpha value is -1.59. The molecule has 5 heteroatoms. The molecule has 1 atom stereocenters. The van der Waals surface area contributed by atoms with Gasteiger partial charge in [-0.05, 0) is 19.4 Å². The molecule has 0 radical (unpaired) electrons. The molecule has 0 saturated carbocycles. The molecule has 2 aromatic rings. The fraction of sp³-hybridized carbons (Fsp3) is 0.308. The van der Waals surface area contributed by atoms with E-state index in [2.05, 4.69) is 5.32 Å². The van der Waals surface area contributed by atoms with Crippen LogP contribution in [0.2, 0.25) is 0 Å². The van der Waals surface area contributed by atoms with E-state index >= 15 is 0 Å². The van der Waals surface area contributed by atoms with E-state index < -0.39 is 0 Å². The second kappa shape index (κ2) is 4.96. The summed E-state index contributed by atoms with van der Waals surface area (Å²) < 4.78 is 1.04.